The number of rotatable bonds is 4. The van der Waals surface area contributed by atoms with Gasteiger partial charge in [0.25, 0.3) is 10.1 Å². The Kier molecular flexibility index (Phi) is 5.98. The summed E-state index contributed by atoms with van der Waals surface area (Å²) in [5.74, 6) is -1.37. The van der Waals surface area contributed by atoms with Crippen molar-refractivity contribution >= 4 is 56.5 Å². The molecular weight excluding hydrogens is 482 g/mol. The minimum Gasteiger partial charge on any atom is -0.504 e. The van der Waals surface area contributed by atoms with Crippen molar-refractivity contribution in [2.45, 2.75) is 4.75 Å². The molecule has 3 rings (SSSR count). The van der Waals surface area contributed by atoms with Gasteiger partial charge >= 0.3 is 0 Å². The van der Waals surface area contributed by atoms with E-state index in [4.69, 9.17) is 46.4 Å². The van der Waals surface area contributed by atoms with E-state index in [-0.39, 0.29) is 36.8 Å². The Bertz CT molecular complexity index is 1210. The van der Waals surface area contributed by atoms with Crippen LogP contribution in [-0.4, -0.2) is 23.2 Å². The molecule has 0 aliphatic carbocycles. The lowest BCUT2D eigenvalue weighted by Gasteiger charge is -2.34. The molecule has 0 saturated heterocycles. The molecule has 0 spiro atoms. The van der Waals surface area contributed by atoms with Gasteiger partial charge in [0.2, 0.25) is 0 Å². The van der Waals surface area contributed by atoms with Gasteiger partial charge < -0.3 is 10.2 Å². The van der Waals surface area contributed by atoms with Crippen LogP contribution >= 0.6 is 46.4 Å². The molecule has 0 heterocycles. The van der Waals surface area contributed by atoms with Crippen LogP contribution in [0.3, 0.4) is 0 Å². The van der Waals surface area contributed by atoms with Crippen LogP contribution in [-0.2, 0) is 14.9 Å². The summed E-state index contributed by atoms with van der Waals surface area (Å²) in [4.78, 5) is 0. The summed E-state index contributed by atoms with van der Waals surface area (Å²) in [6.45, 7) is 0. The highest BCUT2D eigenvalue weighted by atomic mass is 35.5. The molecule has 152 valence electrons. The molecule has 5 nitrogen and oxygen atoms in total. The van der Waals surface area contributed by atoms with E-state index in [1.54, 1.807) is 0 Å². The molecule has 3 aromatic rings. The molecule has 3 aromatic carbocycles. The van der Waals surface area contributed by atoms with E-state index in [0.717, 1.165) is 6.07 Å². The van der Waals surface area contributed by atoms with E-state index in [1.165, 1.54) is 48.5 Å². The summed E-state index contributed by atoms with van der Waals surface area (Å²) < 4.78 is 33.9. The van der Waals surface area contributed by atoms with E-state index in [9.17, 15) is 23.2 Å². The lowest BCUT2D eigenvalue weighted by atomic mass is 9.83. The van der Waals surface area contributed by atoms with Gasteiger partial charge in [0.15, 0.2) is 16.2 Å². The van der Waals surface area contributed by atoms with Crippen LogP contribution in [0.5, 0.6) is 11.5 Å². The number of hydrogen-bond acceptors (Lipinski definition) is 4. The Morgan fingerprint density at radius 2 is 1.45 bits per heavy atom. The number of aromatic hydroxyl groups is 2. The van der Waals surface area contributed by atoms with Crippen LogP contribution in [0.1, 0.15) is 16.7 Å². The minimum atomic E-state index is -5.11. The van der Waals surface area contributed by atoms with Crippen molar-refractivity contribution < 1.29 is 23.2 Å². The average Bonchev–Trinajstić information content (AvgIpc) is 2.64. The fourth-order valence-electron chi connectivity index (χ4n) is 3.20. The molecule has 10 heteroatoms. The molecule has 1 unspecified atom stereocenters. The van der Waals surface area contributed by atoms with E-state index in [2.05, 4.69) is 0 Å². The third-order valence-electron chi connectivity index (χ3n) is 4.43. The van der Waals surface area contributed by atoms with Crippen molar-refractivity contribution in [3.8, 4) is 11.5 Å². The van der Waals surface area contributed by atoms with Crippen molar-refractivity contribution in [2.24, 2.45) is 0 Å². The van der Waals surface area contributed by atoms with Gasteiger partial charge in [0.05, 0.1) is 15.1 Å². The van der Waals surface area contributed by atoms with Gasteiger partial charge in [0.1, 0.15) is 0 Å². The van der Waals surface area contributed by atoms with E-state index in [0.29, 0.717) is 0 Å². The van der Waals surface area contributed by atoms with Gasteiger partial charge in [0, 0.05) is 16.1 Å². The average molecular weight is 494 g/mol. The molecule has 0 amide bonds. The van der Waals surface area contributed by atoms with Crippen LogP contribution < -0.4 is 0 Å². The van der Waals surface area contributed by atoms with Crippen molar-refractivity contribution in [2.75, 3.05) is 0 Å². The van der Waals surface area contributed by atoms with Crippen LogP contribution in [0.2, 0.25) is 20.1 Å². The Morgan fingerprint density at radius 3 is 2.07 bits per heavy atom. The zero-order valence-corrected chi connectivity index (χ0v) is 18.1. The number of phenols is 2. The van der Waals surface area contributed by atoms with Crippen molar-refractivity contribution in [3.63, 3.8) is 0 Å². The van der Waals surface area contributed by atoms with Crippen molar-refractivity contribution in [1.82, 2.24) is 0 Å². The zero-order valence-electron chi connectivity index (χ0n) is 14.3. The SMILES string of the molecule is O=S(=O)(O)C(c1cccc(Cl)c1)(c1cccc(O)c1O)c1ccc(Cl)c(Cl)c1Cl. The van der Waals surface area contributed by atoms with E-state index < -0.39 is 26.4 Å². The highest BCUT2D eigenvalue weighted by molar-refractivity contribution is 7.87. The number of halogens is 4. The molecular formula is C19H12Cl4O5S. The normalized spacial score (nSPS) is 13.8. The van der Waals surface area contributed by atoms with Crippen LogP contribution in [0.4, 0.5) is 0 Å². The standard InChI is InChI=1S/C19H12Cl4O5S/c20-11-4-1-3-10(9-11)19(29(26,27)28,13-5-2-6-15(24)18(13)25)12-7-8-14(21)17(23)16(12)22/h1-9,24-25H,(H,26,27,28). The van der Waals surface area contributed by atoms with Gasteiger partial charge in [-0.05, 0) is 29.8 Å². The van der Waals surface area contributed by atoms with Crippen LogP contribution in [0.25, 0.3) is 0 Å². The minimum absolute atomic E-state index is 0.0475. The fourth-order valence-corrected chi connectivity index (χ4v) is 5.44. The Labute approximate surface area is 186 Å². The van der Waals surface area contributed by atoms with Crippen LogP contribution in [0.15, 0.2) is 54.6 Å². The second-order valence-corrected chi connectivity index (χ2v) is 9.22. The summed E-state index contributed by atoms with van der Waals surface area (Å²) in [6.07, 6.45) is 0. The fraction of sp³-hybridized carbons (Fsp3) is 0.0526. The molecule has 0 bridgehead atoms. The number of para-hydroxylation sites is 1. The number of hydrogen-bond donors (Lipinski definition) is 3. The molecule has 0 radical (unpaired) electrons. The third-order valence-corrected chi connectivity index (χ3v) is 7.40. The first kappa shape index (κ1) is 22.0. The molecule has 0 aliphatic heterocycles. The van der Waals surface area contributed by atoms with Gasteiger partial charge in [-0.3, -0.25) is 4.55 Å². The molecule has 0 aliphatic rings. The first-order valence-electron chi connectivity index (χ1n) is 7.90. The van der Waals surface area contributed by atoms with Gasteiger partial charge in [-0.2, -0.15) is 8.42 Å². The molecule has 29 heavy (non-hydrogen) atoms. The first-order valence-corrected chi connectivity index (χ1v) is 10.9. The van der Waals surface area contributed by atoms with E-state index >= 15 is 0 Å². The van der Waals surface area contributed by atoms with E-state index in [1.807, 2.05) is 0 Å². The summed E-state index contributed by atoms with van der Waals surface area (Å²) in [7, 11) is -5.11. The largest absolute Gasteiger partial charge is 0.504 e. The predicted molar refractivity (Wildman–Crippen MR) is 114 cm³/mol. The zero-order chi connectivity index (χ0) is 21.6. The van der Waals surface area contributed by atoms with Crippen LogP contribution in [0, 0.1) is 0 Å². The number of phenolic OH excluding ortho intramolecular Hbond substituents is 2. The molecule has 3 N–H and O–H groups in total. The second kappa shape index (κ2) is 7.87. The Hall–Kier alpha value is -1.67. The lowest BCUT2D eigenvalue weighted by Crippen LogP contribution is -2.38. The topological polar surface area (TPSA) is 94.8 Å². The van der Waals surface area contributed by atoms with Crippen molar-refractivity contribution in [3.05, 3.63) is 91.4 Å². The first-order chi connectivity index (χ1) is 13.5. The molecule has 0 saturated carbocycles. The molecule has 1 atom stereocenters. The maximum atomic E-state index is 13.0. The summed E-state index contributed by atoms with van der Waals surface area (Å²) in [6, 6.07) is 11.9. The monoisotopic (exact) mass is 492 g/mol. The second-order valence-electron chi connectivity index (χ2n) is 6.06. The molecule has 0 fully saturated rings. The van der Waals surface area contributed by atoms with Gasteiger partial charge in [-0.25, -0.2) is 0 Å². The predicted octanol–water partition coefficient (Wildman–Crippen LogP) is 5.89. The summed E-state index contributed by atoms with van der Waals surface area (Å²) >= 11 is 24.5. The van der Waals surface area contributed by atoms with Crippen molar-refractivity contribution in [1.29, 1.82) is 0 Å². The maximum Gasteiger partial charge on any atom is 0.283 e. The van der Waals surface area contributed by atoms with Gasteiger partial charge in [-0.15, -0.1) is 0 Å². The van der Waals surface area contributed by atoms with Gasteiger partial charge in [-0.1, -0.05) is 76.7 Å². The smallest absolute Gasteiger partial charge is 0.283 e. The Morgan fingerprint density at radius 1 is 0.793 bits per heavy atom. The third kappa shape index (κ3) is 3.54. The lowest BCUT2D eigenvalue weighted by molar-refractivity contribution is 0.393. The highest BCUT2D eigenvalue weighted by Crippen LogP contribution is 2.52. The summed E-state index contributed by atoms with van der Waals surface area (Å²) in [5, 5.41) is 20.3. The quantitative estimate of drug-likeness (QED) is 0.182. The summed E-state index contributed by atoms with van der Waals surface area (Å²) in [5.41, 5.74) is -0.601. The number of benzene rings is 3. The highest BCUT2D eigenvalue weighted by Gasteiger charge is 2.52. The Balaban J connectivity index is 2.63. The molecule has 0 aromatic heterocycles. The maximum absolute atomic E-state index is 13.0.